The van der Waals surface area contributed by atoms with E-state index in [2.05, 4.69) is 33.5 Å². The molecule has 2 nitrogen and oxygen atoms in total. The molecule has 3 rings (SSSR count). The third-order valence-electron chi connectivity index (χ3n) is 4.31. The number of hydrogen-bond acceptors (Lipinski definition) is 2. The molecule has 4 heteroatoms. The van der Waals surface area contributed by atoms with Crippen LogP contribution in [-0.2, 0) is 0 Å². The van der Waals surface area contributed by atoms with Gasteiger partial charge >= 0.3 is 0 Å². The molecule has 1 saturated carbocycles. The van der Waals surface area contributed by atoms with E-state index in [0.717, 1.165) is 36.7 Å². The predicted molar refractivity (Wildman–Crippen MR) is 76.6 cm³/mol. The lowest BCUT2D eigenvalue weighted by atomic mass is 9.76. The highest BCUT2D eigenvalue weighted by atomic mass is 79.9. The SMILES string of the molecule is CC1CCC2(CC1)CNc1cc(Br)c(F)cc1N2. The lowest BCUT2D eigenvalue weighted by Gasteiger charge is -2.44. The van der Waals surface area contributed by atoms with Crippen molar-refractivity contribution in [1.82, 2.24) is 0 Å². The van der Waals surface area contributed by atoms with Gasteiger partial charge in [-0.2, -0.15) is 0 Å². The van der Waals surface area contributed by atoms with Crippen LogP contribution in [0.15, 0.2) is 16.6 Å². The minimum atomic E-state index is -0.204. The number of halogens is 2. The van der Waals surface area contributed by atoms with Gasteiger partial charge in [0.25, 0.3) is 0 Å². The summed E-state index contributed by atoms with van der Waals surface area (Å²) in [6.45, 7) is 3.25. The predicted octanol–water partition coefficient (Wildman–Crippen LogP) is 4.37. The molecule has 0 amide bonds. The highest BCUT2D eigenvalue weighted by molar-refractivity contribution is 9.10. The number of nitrogens with one attached hydrogen (secondary N) is 2. The maximum Gasteiger partial charge on any atom is 0.139 e. The normalized spacial score (nSPS) is 30.5. The van der Waals surface area contributed by atoms with Crippen molar-refractivity contribution >= 4 is 27.3 Å². The zero-order chi connectivity index (χ0) is 12.8. The van der Waals surface area contributed by atoms with E-state index in [0.29, 0.717) is 4.47 Å². The van der Waals surface area contributed by atoms with Crippen molar-refractivity contribution in [2.24, 2.45) is 5.92 Å². The Morgan fingerprint density at radius 2 is 2.00 bits per heavy atom. The summed E-state index contributed by atoms with van der Waals surface area (Å²) in [5.41, 5.74) is 2.02. The average Bonchev–Trinajstić information content (AvgIpc) is 2.36. The van der Waals surface area contributed by atoms with Crippen LogP contribution >= 0.6 is 15.9 Å². The van der Waals surface area contributed by atoms with Gasteiger partial charge in [0, 0.05) is 12.6 Å². The van der Waals surface area contributed by atoms with Crippen molar-refractivity contribution in [2.75, 3.05) is 17.2 Å². The summed E-state index contributed by atoms with van der Waals surface area (Å²) in [6, 6.07) is 3.40. The van der Waals surface area contributed by atoms with Crippen LogP contribution in [0.4, 0.5) is 15.8 Å². The van der Waals surface area contributed by atoms with Crippen LogP contribution < -0.4 is 10.6 Å². The zero-order valence-electron chi connectivity index (χ0n) is 10.5. The molecule has 1 aromatic rings. The largest absolute Gasteiger partial charge is 0.381 e. The van der Waals surface area contributed by atoms with Crippen LogP contribution in [0.5, 0.6) is 0 Å². The van der Waals surface area contributed by atoms with E-state index in [1.165, 1.54) is 12.8 Å². The highest BCUT2D eigenvalue weighted by Crippen LogP contribution is 2.41. The summed E-state index contributed by atoms with van der Waals surface area (Å²) in [5, 5.41) is 7.02. The topological polar surface area (TPSA) is 24.1 Å². The number of anilines is 2. The van der Waals surface area contributed by atoms with Crippen molar-refractivity contribution in [3.05, 3.63) is 22.4 Å². The Morgan fingerprint density at radius 3 is 2.72 bits per heavy atom. The number of rotatable bonds is 0. The maximum atomic E-state index is 13.6. The fraction of sp³-hybridized carbons (Fsp3) is 0.571. The molecule has 0 atom stereocenters. The second-order valence-electron chi connectivity index (χ2n) is 5.75. The van der Waals surface area contributed by atoms with Crippen molar-refractivity contribution in [3.63, 3.8) is 0 Å². The number of hydrogen-bond donors (Lipinski definition) is 2. The van der Waals surface area contributed by atoms with Gasteiger partial charge < -0.3 is 10.6 Å². The molecule has 1 heterocycles. The number of fused-ring (bicyclic) bond motifs is 1. The zero-order valence-corrected chi connectivity index (χ0v) is 12.1. The smallest absolute Gasteiger partial charge is 0.139 e. The van der Waals surface area contributed by atoms with Crippen LogP contribution in [-0.4, -0.2) is 12.1 Å². The van der Waals surface area contributed by atoms with Gasteiger partial charge in [-0.25, -0.2) is 4.39 Å². The third kappa shape index (κ3) is 2.11. The summed E-state index contributed by atoms with van der Waals surface area (Å²) < 4.78 is 14.1. The average molecular weight is 313 g/mol. The molecule has 98 valence electrons. The Balaban J connectivity index is 1.86. The minimum Gasteiger partial charge on any atom is -0.381 e. The Hall–Kier alpha value is -0.770. The van der Waals surface area contributed by atoms with Crippen molar-refractivity contribution in [1.29, 1.82) is 0 Å². The summed E-state index contributed by atoms with van der Waals surface area (Å²) in [6.07, 6.45) is 4.84. The van der Waals surface area contributed by atoms with E-state index in [-0.39, 0.29) is 11.4 Å². The molecule has 18 heavy (non-hydrogen) atoms. The standard InChI is InChI=1S/C14H18BrFN2/c1-9-2-4-14(5-3-9)8-17-12-6-10(15)11(16)7-13(12)18-14/h6-7,9,17-18H,2-5,8H2,1H3. The molecule has 0 bridgehead atoms. The summed E-state index contributed by atoms with van der Waals surface area (Å²) in [7, 11) is 0. The first kappa shape index (κ1) is 12.3. The van der Waals surface area contributed by atoms with Crippen LogP contribution in [0.1, 0.15) is 32.6 Å². The molecule has 1 aliphatic heterocycles. The molecule has 0 unspecified atom stereocenters. The molecule has 1 fully saturated rings. The monoisotopic (exact) mass is 312 g/mol. The first-order valence-electron chi connectivity index (χ1n) is 6.59. The molecule has 2 N–H and O–H groups in total. The van der Waals surface area contributed by atoms with Gasteiger partial charge in [0.15, 0.2) is 0 Å². The lowest BCUT2D eigenvalue weighted by molar-refractivity contribution is 0.274. The molecular formula is C14H18BrFN2. The molecule has 1 spiro atoms. The van der Waals surface area contributed by atoms with Crippen molar-refractivity contribution in [2.45, 2.75) is 38.1 Å². The first-order chi connectivity index (χ1) is 8.58. The van der Waals surface area contributed by atoms with Crippen molar-refractivity contribution < 1.29 is 4.39 Å². The van der Waals surface area contributed by atoms with E-state index >= 15 is 0 Å². The van der Waals surface area contributed by atoms with E-state index < -0.39 is 0 Å². The van der Waals surface area contributed by atoms with Gasteiger partial charge in [0.1, 0.15) is 5.82 Å². The van der Waals surface area contributed by atoms with E-state index in [4.69, 9.17) is 0 Å². The first-order valence-corrected chi connectivity index (χ1v) is 7.38. The van der Waals surface area contributed by atoms with Crippen LogP contribution in [0, 0.1) is 11.7 Å². The maximum absolute atomic E-state index is 13.6. The minimum absolute atomic E-state index is 0.125. The molecule has 0 radical (unpaired) electrons. The summed E-state index contributed by atoms with van der Waals surface area (Å²) in [5.74, 6) is 0.616. The van der Waals surface area contributed by atoms with E-state index in [9.17, 15) is 4.39 Å². The van der Waals surface area contributed by atoms with Gasteiger partial charge in [-0.3, -0.25) is 0 Å². The van der Waals surface area contributed by atoms with Crippen LogP contribution in [0.2, 0.25) is 0 Å². The Kier molecular flexibility index (Phi) is 3.00. The molecular weight excluding hydrogens is 295 g/mol. The Bertz CT molecular complexity index is 467. The molecule has 2 aliphatic rings. The Labute approximate surface area is 115 Å². The molecule has 0 saturated heterocycles. The highest BCUT2D eigenvalue weighted by Gasteiger charge is 2.37. The van der Waals surface area contributed by atoms with Crippen LogP contribution in [0.25, 0.3) is 0 Å². The van der Waals surface area contributed by atoms with Crippen molar-refractivity contribution in [3.8, 4) is 0 Å². The van der Waals surface area contributed by atoms with Gasteiger partial charge in [-0.15, -0.1) is 0 Å². The summed E-state index contributed by atoms with van der Waals surface area (Å²) >= 11 is 3.23. The number of benzene rings is 1. The fourth-order valence-electron chi connectivity index (χ4n) is 3.01. The third-order valence-corrected chi connectivity index (χ3v) is 4.92. The quantitative estimate of drug-likeness (QED) is 0.743. The van der Waals surface area contributed by atoms with E-state index in [1.54, 1.807) is 6.07 Å². The molecule has 1 aliphatic carbocycles. The van der Waals surface area contributed by atoms with E-state index in [1.807, 2.05) is 6.07 Å². The van der Waals surface area contributed by atoms with Gasteiger partial charge in [0.05, 0.1) is 21.4 Å². The summed E-state index contributed by atoms with van der Waals surface area (Å²) in [4.78, 5) is 0. The second-order valence-corrected chi connectivity index (χ2v) is 6.61. The fourth-order valence-corrected chi connectivity index (χ4v) is 3.35. The Morgan fingerprint density at radius 1 is 1.28 bits per heavy atom. The van der Waals surface area contributed by atoms with Gasteiger partial charge in [-0.05, 0) is 53.6 Å². The second kappa shape index (κ2) is 4.41. The lowest BCUT2D eigenvalue weighted by Crippen LogP contribution is -2.50. The van der Waals surface area contributed by atoms with Crippen LogP contribution in [0.3, 0.4) is 0 Å². The molecule has 1 aromatic carbocycles. The van der Waals surface area contributed by atoms with Gasteiger partial charge in [0.2, 0.25) is 0 Å². The molecule has 0 aromatic heterocycles. The van der Waals surface area contributed by atoms with Gasteiger partial charge in [-0.1, -0.05) is 6.92 Å².